The molecule has 0 radical (unpaired) electrons. The summed E-state index contributed by atoms with van der Waals surface area (Å²) in [5.74, 6) is 1.84. The summed E-state index contributed by atoms with van der Waals surface area (Å²) in [5.41, 5.74) is 0.741. The summed E-state index contributed by atoms with van der Waals surface area (Å²) in [4.78, 5) is 4.40. The van der Waals surface area contributed by atoms with Gasteiger partial charge in [0.15, 0.2) is 0 Å². The van der Waals surface area contributed by atoms with Crippen molar-refractivity contribution in [3.63, 3.8) is 0 Å². The molecule has 0 spiro atoms. The van der Waals surface area contributed by atoms with Gasteiger partial charge >= 0.3 is 0 Å². The van der Waals surface area contributed by atoms with Crippen LogP contribution in [0.15, 0.2) is 59.6 Å². The molecule has 0 aliphatic carbocycles. The number of pyridine rings is 1. The van der Waals surface area contributed by atoms with Crippen molar-refractivity contribution in [2.75, 3.05) is 0 Å². The van der Waals surface area contributed by atoms with E-state index >= 15 is 0 Å². The summed E-state index contributed by atoms with van der Waals surface area (Å²) in [6.07, 6.45) is 1.65. The molecule has 0 fully saturated rings. The van der Waals surface area contributed by atoms with E-state index in [4.69, 9.17) is 14.6 Å². The highest BCUT2D eigenvalue weighted by Crippen LogP contribution is 2.31. The summed E-state index contributed by atoms with van der Waals surface area (Å²) < 4.78 is 34.4. The second-order valence-corrected chi connectivity index (χ2v) is 8.38. The average molecular weight is 366 g/mol. The fourth-order valence-electron chi connectivity index (χ4n) is 2.43. The van der Waals surface area contributed by atoms with Crippen LogP contribution in [0.25, 0.3) is 10.9 Å². The van der Waals surface area contributed by atoms with Crippen LogP contribution < -0.4 is 14.6 Å². The van der Waals surface area contributed by atoms with Crippen LogP contribution in [0.1, 0.15) is 0 Å². The molecule has 0 atom stereocenters. The fraction of sp³-hybridized carbons (Fsp3) is 0.0625. The van der Waals surface area contributed by atoms with Gasteiger partial charge in [-0.25, -0.2) is 13.6 Å². The number of sulfonamides is 1. The summed E-state index contributed by atoms with van der Waals surface area (Å²) in [6.45, 7) is 0. The first-order chi connectivity index (χ1) is 12.1. The largest absolute Gasteiger partial charge is 0.514 e. The van der Waals surface area contributed by atoms with Gasteiger partial charge in [0.05, 0.1) is 10.4 Å². The van der Waals surface area contributed by atoms with Crippen LogP contribution in [0.5, 0.6) is 17.2 Å². The van der Waals surface area contributed by atoms with Crippen LogP contribution in [0.4, 0.5) is 0 Å². The van der Waals surface area contributed by atoms with Crippen molar-refractivity contribution >= 4 is 44.5 Å². The quantitative estimate of drug-likeness (QED) is 0.619. The molecule has 0 saturated carbocycles. The maximum Gasteiger partial charge on any atom is 0.238 e. The Hall–Kier alpha value is -2.45. The van der Waals surface area contributed by atoms with Gasteiger partial charge in [-0.1, -0.05) is 0 Å². The van der Waals surface area contributed by atoms with Crippen LogP contribution in [0.3, 0.4) is 0 Å². The Morgan fingerprint density at radius 2 is 1.62 bits per heavy atom. The van der Waals surface area contributed by atoms with E-state index in [1.54, 1.807) is 24.4 Å². The normalized spacial score (nSPS) is 12.0. The summed E-state index contributed by atoms with van der Waals surface area (Å²) in [6, 6.07) is 13.3. The van der Waals surface area contributed by atoms with Gasteiger partial charge in [0.2, 0.25) is 10.0 Å². The van der Waals surface area contributed by atoms with Gasteiger partial charge in [-0.2, -0.15) is 0 Å². The number of hydrogen-bond acceptors (Lipinski definition) is 5. The zero-order chi connectivity index (χ0) is 18.9. The zero-order valence-corrected chi connectivity index (χ0v) is 15.6. The number of nitrogens with zero attached hydrogens (tertiary/aromatic N) is 1. The van der Waals surface area contributed by atoms with E-state index < -0.39 is 10.0 Å². The third-order valence-corrected chi connectivity index (χ3v) is 4.41. The first-order valence-electron chi connectivity index (χ1n) is 8.00. The molecule has 0 amide bonds. The lowest BCUT2D eigenvalue weighted by molar-refractivity contribution is 0.319. The number of nitrogens with two attached hydrogens (primary N) is 1. The van der Waals surface area contributed by atoms with Crippen LogP contribution in [0, 0.1) is 0 Å². The highest BCUT2D eigenvalue weighted by molar-refractivity contribution is 7.89. The monoisotopic (exact) mass is 366 g/mol. The van der Waals surface area contributed by atoms with Gasteiger partial charge < -0.3 is 9.47 Å². The van der Waals surface area contributed by atoms with Gasteiger partial charge in [-0.3, -0.25) is 4.98 Å². The molecular formula is C16H17B3N2O4S. The lowest BCUT2D eigenvalue weighted by atomic mass is 9.52. The van der Waals surface area contributed by atoms with Crippen molar-refractivity contribution in [3.8, 4) is 17.2 Å². The van der Waals surface area contributed by atoms with E-state index in [0.29, 0.717) is 11.5 Å². The van der Waals surface area contributed by atoms with E-state index in [1.807, 2.05) is 41.7 Å². The maximum atomic E-state index is 11.3. The molecule has 6 nitrogen and oxygen atoms in total. The van der Waals surface area contributed by atoms with Gasteiger partial charge in [0.25, 0.3) is 0 Å². The number of rotatable bonds is 5. The van der Waals surface area contributed by atoms with E-state index in [9.17, 15) is 8.42 Å². The molecule has 2 aromatic carbocycles. The third-order valence-electron chi connectivity index (χ3n) is 3.48. The minimum atomic E-state index is -3.73. The van der Waals surface area contributed by atoms with Crippen LogP contribution >= 0.6 is 0 Å². The lowest BCUT2D eigenvalue weighted by Gasteiger charge is -2.22. The zero-order valence-electron chi connectivity index (χ0n) is 14.8. The van der Waals surface area contributed by atoms with Crippen molar-refractivity contribution in [2.24, 2.45) is 5.14 Å². The highest BCUT2D eigenvalue weighted by atomic mass is 32.2. The number of benzene rings is 2. The Morgan fingerprint density at radius 3 is 2.23 bits per heavy atom. The minimum Gasteiger partial charge on any atom is -0.514 e. The highest BCUT2D eigenvalue weighted by Gasteiger charge is 2.14. The Balaban J connectivity index is 1.91. The van der Waals surface area contributed by atoms with E-state index in [1.165, 1.54) is 12.1 Å². The summed E-state index contributed by atoms with van der Waals surface area (Å²) >= 11 is 0. The van der Waals surface area contributed by atoms with Crippen molar-refractivity contribution in [3.05, 3.63) is 54.7 Å². The lowest BCUT2D eigenvalue weighted by Crippen LogP contribution is -2.37. The SMILES string of the molecule is BC(B)(B)Oc1ccc2c(Oc3ccc(S(N)(=O)=O)cc3)ccnc2c1. The Bertz CT molecular complexity index is 1050. The number of hydrogen-bond donors (Lipinski definition) is 1. The summed E-state index contributed by atoms with van der Waals surface area (Å²) in [5, 5.41) is 5.63. The molecule has 0 aliphatic heterocycles. The molecular weight excluding hydrogens is 349 g/mol. The number of ether oxygens (including phenoxy) is 2. The van der Waals surface area contributed by atoms with Crippen molar-refractivity contribution in [1.29, 1.82) is 0 Å². The Morgan fingerprint density at radius 1 is 0.962 bits per heavy atom. The molecule has 1 aromatic heterocycles. The molecule has 3 aromatic rings. The minimum absolute atomic E-state index is 0.0356. The fourth-order valence-corrected chi connectivity index (χ4v) is 2.95. The molecule has 2 N–H and O–H groups in total. The standard InChI is InChI=1S/C16H17B3N2O4S/c17-16(18,19)25-11-3-6-13-14(9-11)21-8-7-15(13)24-10-1-4-12(5-2-10)26(20,22)23/h1-9H,17-19H2,(H2,20,22,23). The first kappa shape index (κ1) is 18.3. The Labute approximate surface area is 155 Å². The smallest absolute Gasteiger partial charge is 0.238 e. The second-order valence-electron chi connectivity index (χ2n) is 6.82. The molecule has 0 unspecified atom stereocenters. The van der Waals surface area contributed by atoms with Crippen molar-refractivity contribution in [2.45, 2.75) is 10.2 Å². The molecule has 0 saturated heterocycles. The maximum absolute atomic E-state index is 11.3. The van der Waals surface area contributed by atoms with Gasteiger partial charge in [0, 0.05) is 22.9 Å². The van der Waals surface area contributed by atoms with Gasteiger partial charge in [-0.05, 0) is 42.5 Å². The van der Waals surface area contributed by atoms with Crippen molar-refractivity contribution < 1.29 is 17.9 Å². The number of aromatic nitrogens is 1. The van der Waals surface area contributed by atoms with Crippen LogP contribution in [-0.2, 0) is 10.0 Å². The molecule has 0 bridgehead atoms. The number of fused-ring (bicyclic) bond motifs is 1. The molecule has 10 heteroatoms. The van der Waals surface area contributed by atoms with E-state index in [0.717, 1.165) is 16.7 Å². The summed E-state index contributed by atoms with van der Waals surface area (Å²) in [7, 11) is 2.22. The molecule has 0 aliphatic rings. The molecule has 26 heavy (non-hydrogen) atoms. The average Bonchev–Trinajstić information content (AvgIpc) is 2.53. The predicted octanol–water partition coefficient (Wildman–Crippen LogP) is -0.436. The molecule has 1 heterocycles. The van der Waals surface area contributed by atoms with E-state index in [-0.39, 0.29) is 10.2 Å². The second kappa shape index (κ2) is 6.70. The predicted molar refractivity (Wildman–Crippen MR) is 109 cm³/mol. The van der Waals surface area contributed by atoms with Crippen molar-refractivity contribution in [1.82, 2.24) is 4.98 Å². The van der Waals surface area contributed by atoms with Crippen LogP contribution in [-0.4, -0.2) is 42.2 Å². The van der Waals surface area contributed by atoms with Gasteiger partial charge in [0.1, 0.15) is 40.8 Å². The molecule has 3 rings (SSSR count). The Kier molecular flexibility index (Phi) is 4.73. The number of primary sulfonamides is 1. The third kappa shape index (κ3) is 4.39. The molecule has 130 valence electrons. The topological polar surface area (TPSA) is 91.5 Å². The van der Waals surface area contributed by atoms with Gasteiger partial charge in [-0.15, -0.1) is 0 Å². The van der Waals surface area contributed by atoms with E-state index in [2.05, 4.69) is 4.98 Å². The first-order valence-corrected chi connectivity index (χ1v) is 9.55. The van der Waals surface area contributed by atoms with Crippen LogP contribution in [0.2, 0.25) is 0 Å².